The van der Waals surface area contributed by atoms with E-state index in [2.05, 4.69) is 30.4 Å². The first-order valence-corrected chi connectivity index (χ1v) is 8.25. The number of aromatic nitrogens is 2. The number of H-pyrrole nitrogens is 1. The lowest BCUT2D eigenvalue weighted by Crippen LogP contribution is -2.21. The lowest BCUT2D eigenvalue weighted by atomic mass is 10.2. The summed E-state index contributed by atoms with van der Waals surface area (Å²) in [6.45, 7) is 0. The molecule has 0 amide bonds. The van der Waals surface area contributed by atoms with Crippen molar-refractivity contribution in [3.63, 3.8) is 0 Å². The van der Waals surface area contributed by atoms with E-state index in [1.54, 1.807) is 12.4 Å². The van der Waals surface area contributed by atoms with Crippen molar-refractivity contribution in [3.8, 4) is 0 Å². The van der Waals surface area contributed by atoms with Gasteiger partial charge in [-0.25, -0.2) is 10.4 Å². The molecule has 0 bridgehead atoms. The zero-order chi connectivity index (χ0) is 18.2. The summed E-state index contributed by atoms with van der Waals surface area (Å²) in [6, 6.07) is 19.5. The topological polar surface area (TPSA) is 67.0 Å². The molecule has 2 aromatic heterocycles. The van der Waals surface area contributed by atoms with Crippen LogP contribution in [-0.2, 0) is 0 Å². The van der Waals surface area contributed by atoms with Gasteiger partial charge in [0.25, 0.3) is 5.84 Å². The van der Waals surface area contributed by atoms with E-state index in [1.807, 2.05) is 81.0 Å². The number of aliphatic imine (C=N–C) groups is 1. The van der Waals surface area contributed by atoms with E-state index in [-0.39, 0.29) is 0 Å². The Balaban J connectivity index is 1.79. The van der Waals surface area contributed by atoms with Crippen LogP contribution in [0.2, 0.25) is 0 Å². The van der Waals surface area contributed by atoms with Crippen LogP contribution in [0, 0.1) is 0 Å². The van der Waals surface area contributed by atoms with Gasteiger partial charge in [-0.2, -0.15) is 5.10 Å². The summed E-state index contributed by atoms with van der Waals surface area (Å²) in [4.78, 5) is 14.0. The van der Waals surface area contributed by atoms with Gasteiger partial charge in [0, 0.05) is 32.0 Å². The summed E-state index contributed by atoms with van der Waals surface area (Å²) >= 11 is 0. The number of nitrogens with zero attached hydrogens (tertiary/aromatic N) is 4. The molecule has 0 aliphatic rings. The fraction of sp³-hybridized carbons (Fsp3) is 0.100. The van der Waals surface area contributed by atoms with E-state index in [0.29, 0.717) is 17.3 Å². The SMILES string of the molecule is CN(C)c1ccc(/C=N\NC(=Nc2cccc[nH+]2)c2ccccn2)cc1. The van der Waals surface area contributed by atoms with Crippen LogP contribution in [0.4, 0.5) is 11.5 Å². The smallest absolute Gasteiger partial charge is 0.323 e. The van der Waals surface area contributed by atoms with Crippen molar-refractivity contribution in [1.82, 2.24) is 10.4 Å². The molecule has 0 atom stereocenters. The van der Waals surface area contributed by atoms with Crippen molar-refractivity contribution in [2.75, 3.05) is 19.0 Å². The highest BCUT2D eigenvalue weighted by atomic mass is 15.3. The number of hydrogen-bond acceptors (Lipinski definition) is 4. The predicted octanol–water partition coefficient (Wildman–Crippen LogP) is 2.66. The summed E-state index contributed by atoms with van der Waals surface area (Å²) in [5.74, 6) is 1.28. The lowest BCUT2D eigenvalue weighted by molar-refractivity contribution is -0.362. The number of nitrogens with one attached hydrogen (secondary N) is 2. The van der Waals surface area contributed by atoms with Gasteiger partial charge < -0.3 is 4.90 Å². The summed E-state index contributed by atoms with van der Waals surface area (Å²) in [5, 5.41) is 4.32. The molecule has 2 N–H and O–H groups in total. The maximum absolute atomic E-state index is 4.56. The number of amidine groups is 1. The maximum Gasteiger partial charge on any atom is 0.323 e. The van der Waals surface area contributed by atoms with Gasteiger partial charge >= 0.3 is 5.82 Å². The van der Waals surface area contributed by atoms with Gasteiger partial charge in [-0.15, -0.1) is 0 Å². The minimum absolute atomic E-state index is 0.564. The van der Waals surface area contributed by atoms with Crippen molar-refractivity contribution in [2.45, 2.75) is 0 Å². The van der Waals surface area contributed by atoms with Gasteiger partial charge in [0.15, 0.2) is 0 Å². The highest BCUT2D eigenvalue weighted by Crippen LogP contribution is 2.11. The second-order valence-electron chi connectivity index (χ2n) is 5.78. The largest absolute Gasteiger partial charge is 0.378 e. The van der Waals surface area contributed by atoms with E-state index in [9.17, 15) is 0 Å². The first-order valence-electron chi connectivity index (χ1n) is 8.25. The third kappa shape index (κ3) is 4.73. The standard InChI is InChI=1S/C20H20N6/c1-26(2)17-11-9-16(10-12-17)15-23-25-20(18-7-3-5-13-21-18)24-19-8-4-6-14-22-19/h3-15H,1-2H3,(H,22,24,25)/p+1/b23-15-. The molecule has 26 heavy (non-hydrogen) atoms. The summed E-state index contributed by atoms with van der Waals surface area (Å²) in [5.41, 5.74) is 5.85. The van der Waals surface area contributed by atoms with E-state index in [0.717, 1.165) is 11.3 Å². The Bertz CT molecular complexity index is 871. The summed E-state index contributed by atoms with van der Waals surface area (Å²) < 4.78 is 0. The first-order chi connectivity index (χ1) is 12.7. The van der Waals surface area contributed by atoms with Gasteiger partial charge in [0.05, 0.1) is 12.4 Å². The predicted molar refractivity (Wildman–Crippen MR) is 105 cm³/mol. The molecule has 6 heteroatoms. The highest BCUT2D eigenvalue weighted by Gasteiger charge is 2.11. The zero-order valence-electron chi connectivity index (χ0n) is 14.8. The Morgan fingerprint density at radius 1 is 1.04 bits per heavy atom. The zero-order valence-corrected chi connectivity index (χ0v) is 14.8. The molecule has 0 aliphatic heterocycles. The molecule has 2 heterocycles. The van der Waals surface area contributed by atoms with Crippen molar-refractivity contribution >= 4 is 23.6 Å². The molecule has 3 aromatic rings. The van der Waals surface area contributed by atoms with Gasteiger partial charge in [-0.3, -0.25) is 4.98 Å². The molecule has 6 nitrogen and oxygen atoms in total. The molecule has 1 aromatic carbocycles. The minimum Gasteiger partial charge on any atom is -0.378 e. The lowest BCUT2D eigenvalue weighted by Gasteiger charge is -2.11. The van der Waals surface area contributed by atoms with Crippen LogP contribution in [0.25, 0.3) is 0 Å². The first kappa shape index (κ1) is 17.3. The molecule has 130 valence electrons. The third-order valence-electron chi connectivity index (χ3n) is 3.63. The van der Waals surface area contributed by atoms with Crippen molar-refractivity contribution in [1.29, 1.82) is 0 Å². The Morgan fingerprint density at radius 2 is 1.85 bits per heavy atom. The molecule has 0 saturated carbocycles. The number of anilines is 1. The molecule has 0 unspecified atom stereocenters. The van der Waals surface area contributed by atoms with Gasteiger partial charge in [0.1, 0.15) is 5.69 Å². The number of pyridine rings is 2. The fourth-order valence-corrected chi connectivity index (χ4v) is 2.24. The van der Waals surface area contributed by atoms with E-state index >= 15 is 0 Å². The van der Waals surface area contributed by atoms with Crippen molar-refractivity contribution in [3.05, 3.63) is 84.3 Å². The summed E-state index contributed by atoms with van der Waals surface area (Å²) in [7, 11) is 4.03. The quantitative estimate of drug-likeness (QED) is 0.439. The highest BCUT2D eigenvalue weighted by molar-refractivity contribution is 5.98. The molecule has 0 fully saturated rings. The maximum atomic E-state index is 4.56. The van der Waals surface area contributed by atoms with Gasteiger partial charge in [0.2, 0.25) is 0 Å². The number of rotatable bonds is 5. The molecule has 0 radical (unpaired) electrons. The van der Waals surface area contributed by atoms with Gasteiger partial charge in [-0.1, -0.05) is 24.3 Å². The molecular weight excluding hydrogens is 324 g/mol. The molecule has 0 aliphatic carbocycles. The molecular formula is C20H21N6+. The molecule has 0 saturated heterocycles. The fourth-order valence-electron chi connectivity index (χ4n) is 2.24. The van der Waals surface area contributed by atoms with Crippen LogP contribution in [0.5, 0.6) is 0 Å². The Morgan fingerprint density at radius 3 is 2.50 bits per heavy atom. The van der Waals surface area contributed by atoms with E-state index in [1.165, 1.54) is 0 Å². The Hall–Kier alpha value is -3.54. The summed E-state index contributed by atoms with van der Waals surface area (Å²) in [6.07, 6.45) is 5.31. The van der Waals surface area contributed by atoms with Crippen LogP contribution < -0.4 is 15.3 Å². The average molecular weight is 345 g/mol. The van der Waals surface area contributed by atoms with Gasteiger partial charge in [-0.05, 0) is 40.9 Å². The van der Waals surface area contributed by atoms with Crippen molar-refractivity contribution < 1.29 is 4.98 Å². The third-order valence-corrected chi connectivity index (χ3v) is 3.63. The van der Waals surface area contributed by atoms with Crippen LogP contribution >= 0.6 is 0 Å². The molecule has 3 rings (SSSR count). The Kier molecular flexibility index (Phi) is 5.67. The monoisotopic (exact) mass is 345 g/mol. The minimum atomic E-state index is 0.564. The van der Waals surface area contributed by atoms with Crippen LogP contribution in [0.1, 0.15) is 11.3 Å². The molecule has 0 spiro atoms. The number of benzene rings is 1. The van der Waals surface area contributed by atoms with Crippen molar-refractivity contribution in [2.24, 2.45) is 10.1 Å². The second kappa shape index (κ2) is 8.53. The van der Waals surface area contributed by atoms with E-state index in [4.69, 9.17) is 0 Å². The Labute approximate surface area is 153 Å². The normalized spacial score (nSPS) is 11.5. The number of aromatic amines is 1. The van der Waals surface area contributed by atoms with E-state index < -0.39 is 0 Å². The number of hydrogen-bond donors (Lipinski definition) is 1. The van der Waals surface area contributed by atoms with Crippen LogP contribution in [0.3, 0.4) is 0 Å². The number of hydrazone groups is 1. The van der Waals surface area contributed by atoms with Crippen LogP contribution in [-0.4, -0.2) is 31.1 Å². The second-order valence-corrected chi connectivity index (χ2v) is 5.78. The van der Waals surface area contributed by atoms with Crippen LogP contribution in [0.15, 0.2) is 83.2 Å². The average Bonchev–Trinajstić information content (AvgIpc) is 2.69.